The highest BCUT2D eigenvalue weighted by molar-refractivity contribution is 5.87. The summed E-state index contributed by atoms with van der Waals surface area (Å²) >= 11 is 0. The summed E-state index contributed by atoms with van der Waals surface area (Å²) in [5.41, 5.74) is 2.84. The van der Waals surface area contributed by atoms with E-state index in [4.69, 9.17) is 4.42 Å². The molecule has 2 aromatic heterocycles. The minimum atomic E-state index is -0.851. The number of nitrogens with one attached hydrogen (secondary N) is 2. The molecule has 1 radical (unpaired) electrons. The molecule has 9 heteroatoms. The molecule has 37 heavy (non-hydrogen) atoms. The normalized spacial score (nSPS) is 15.6. The molecule has 5 rings (SSSR count). The van der Waals surface area contributed by atoms with Gasteiger partial charge in [0, 0.05) is 43.7 Å². The van der Waals surface area contributed by atoms with E-state index in [2.05, 4.69) is 28.7 Å². The summed E-state index contributed by atoms with van der Waals surface area (Å²) in [6.45, 7) is 2.10. The van der Waals surface area contributed by atoms with E-state index in [0.29, 0.717) is 41.2 Å². The van der Waals surface area contributed by atoms with E-state index in [1.165, 1.54) is 25.0 Å². The molecule has 4 N–H and O–H groups in total. The van der Waals surface area contributed by atoms with Gasteiger partial charge in [0.1, 0.15) is 5.75 Å². The molecule has 195 valence electrons. The standard InChI is InChI=1S/C28H33N4O5/c1-31(19-5-3-2-4-6-19)13-14-32-22-10-7-18(15-25(22)37-28(32)36)16-29-17-24(34)20-8-11-23(33)27-21(20)9-12-26(35)30-27/h2,7-12,15,19,24,29,33-34H,3-6,13-14,16-17H2,1H3,(H,30,35)/t24-/m0/s1. The zero-order chi connectivity index (χ0) is 25.9. The number of benzene rings is 2. The predicted octanol–water partition coefficient (Wildman–Crippen LogP) is 3.04. The number of likely N-dealkylation sites (N-methyl/N-ethyl adjacent to an activating group) is 1. The van der Waals surface area contributed by atoms with Crippen molar-refractivity contribution in [1.29, 1.82) is 0 Å². The van der Waals surface area contributed by atoms with Crippen molar-refractivity contribution < 1.29 is 14.6 Å². The number of H-pyrrole nitrogens is 1. The number of phenols is 1. The quantitative estimate of drug-likeness (QED) is 0.276. The van der Waals surface area contributed by atoms with Crippen LogP contribution in [0.1, 0.15) is 42.9 Å². The summed E-state index contributed by atoms with van der Waals surface area (Å²) in [5, 5.41) is 24.6. The van der Waals surface area contributed by atoms with Gasteiger partial charge in [-0.15, -0.1) is 0 Å². The largest absolute Gasteiger partial charge is 0.506 e. The lowest BCUT2D eigenvalue weighted by Gasteiger charge is -2.31. The van der Waals surface area contributed by atoms with Gasteiger partial charge in [0.2, 0.25) is 5.56 Å². The van der Waals surface area contributed by atoms with Gasteiger partial charge in [-0.1, -0.05) is 12.1 Å². The smallest absolute Gasteiger partial charge is 0.419 e. The third-order valence-electron chi connectivity index (χ3n) is 7.37. The van der Waals surface area contributed by atoms with Crippen LogP contribution >= 0.6 is 0 Å². The van der Waals surface area contributed by atoms with Gasteiger partial charge >= 0.3 is 5.76 Å². The van der Waals surface area contributed by atoms with Crippen LogP contribution in [0.4, 0.5) is 0 Å². The topological polar surface area (TPSA) is 124 Å². The number of aliphatic hydroxyl groups is 1. The Labute approximate surface area is 214 Å². The number of rotatable bonds is 9. The van der Waals surface area contributed by atoms with Gasteiger partial charge in [0.15, 0.2) is 5.58 Å². The van der Waals surface area contributed by atoms with Crippen LogP contribution in [0, 0.1) is 6.42 Å². The van der Waals surface area contributed by atoms with Crippen molar-refractivity contribution in [1.82, 2.24) is 19.8 Å². The molecule has 4 aromatic rings. The molecule has 2 heterocycles. The third kappa shape index (κ3) is 5.49. The monoisotopic (exact) mass is 505 g/mol. The second kappa shape index (κ2) is 10.9. The van der Waals surface area contributed by atoms with Crippen LogP contribution in [0.3, 0.4) is 0 Å². The number of oxazole rings is 1. The zero-order valence-corrected chi connectivity index (χ0v) is 20.9. The van der Waals surface area contributed by atoms with Crippen molar-refractivity contribution in [3.63, 3.8) is 0 Å². The zero-order valence-electron chi connectivity index (χ0n) is 20.9. The Bertz CT molecular complexity index is 1500. The van der Waals surface area contributed by atoms with Gasteiger partial charge in [-0.3, -0.25) is 9.36 Å². The number of hydrogen-bond donors (Lipinski definition) is 4. The van der Waals surface area contributed by atoms with Gasteiger partial charge in [0.05, 0.1) is 17.1 Å². The Morgan fingerprint density at radius 3 is 2.78 bits per heavy atom. The lowest BCUT2D eigenvalue weighted by atomic mass is 9.94. The van der Waals surface area contributed by atoms with Crippen LogP contribution in [0.2, 0.25) is 0 Å². The van der Waals surface area contributed by atoms with Crippen LogP contribution < -0.4 is 16.6 Å². The maximum atomic E-state index is 12.5. The summed E-state index contributed by atoms with van der Waals surface area (Å²) in [6, 6.07) is 12.4. The Balaban J connectivity index is 1.22. The average molecular weight is 506 g/mol. The second-order valence-corrected chi connectivity index (χ2v) is 9.83. The number of fused-ring (bicyclic) bond motifs is 2. The summed E-state index contributed by atoms with van der Waals surface area (Å²) in [4.78, 5) is 29.1. The summed E-state index contributed by atoms with van der Waals surface area (Å²) < 4.78 is 7.23. The van der Waals surface area contributed by atoms with Gasteiger partial charge in [0.25, 0.3) is 0 Å². The summed E-state index contributed by atoms with van der Waals surface area (Å²) in [7, 11) is 2.13. The van der Waals surface area contributed by atoms with Crippen molar-refractivity contribution in [2.45, 2.75) is 50.9 Å². The molecule has 0 bridgehead atoms. The maximum Gasteiger partial charge on any atom is 0.419 e. The maximum absolute atomic E-state index is 12.5. The van der Waals surface area contributed by atoms with Gasteiger partial charge in [-0.25, -0.2) is 4.79 Å². The van der Waals surface area contributed by atoms with Gasteiger partial charge in [-0.05, 0) is 74.5 Å². The number of aromatic nitrogens is 2. The highest BCUT2D eigenvalue weighted by Crippen LogP contribution is 2.28. The van der Waals surface area contributed by atoms with E-state index < -0.39 is 6.10 Å². The van der Waals surface area contributed by atoms with Crippen molar-refractivity contribution in [3.8, 4) is 5.75 Å². The molecule has 0 amide bonds. The minimum Gasteiger partial charge on any atom is -0.506 e. The average Bonchev–Trinajstić information content (AvgIpc) is 3.22. The SMILES string of the molecule is CN(CCn1c(=O)oc2cc(CNC[C@H](O)c3ccc(O)c4[nH]c(=O)ccc34)ccc21)C1CC[CH]CC1. The first-order chi connectivity index (χ1) is 17.9. The first-order valence-electron chi connectivity index (χ1n) is 12.8. The second-order valence-electron chi connectivity index (χ2n) is 9.83. The van der Waals surface area contributed by atoms with Crippen LogP contribution in [0.5, 0.6) is 5.75 Å². The molecule has 0 saturated heterocycles. The van der Waals surface area contributed by atoms with Crippen LogP contribution in [-0.2, 0) is 13.1 Å². The van der Waals surface area contributed by atoms with E-state index in [1.807, 2.05) is 18.2 Å². The molecule has 0 spiro atoms. The molecule has 2 aromatic carbocycles. The molecular formula is C28H33N4O5. The Morgan fingerprint density at radius 1 is 1.16 bits per heavy atom. The van der Waals surface area contributed by atoms with Crippen molar-refractivity contribution in [2.75, 3.05) is 20.1 Å². The molecule has 9 nitrogen and oxygen atoms in total. The number of hydrogen-bond acceptors (Lipinski definition) is 7. The number of phenolic OH excluding ortho intramolecular Hbond substituents is 1. The van der Waals surface area contributed by atoms with E-state index in [0.717, 1.165) is 30.5 Å². The number of aliphatic hydroxyl groups excluding tert-OH is 1. The number of pyridine rings is 1. The summed E-state index contributed by atoms with van der Waals surface area (Å²) in [5.74, 6) is -0.393. The molecule has 1 aliphatic rings. The van der Waals surface area contributed by atoms with Crippen molar-refractivity contribution in [3.05, 3.63) is 80.9 Å². The Hall–Kier alpha value is -3.40. The molecule has 0 aliphatic heterocycles. The fourth-order valence-electron chi connectivity index (χ4n) is 5.24. The van der Waals surface area contributed by atoms with Crippen molar-refractivity contribution >= 4 is 22.0 Å². The first-order valence-corrected chi connectivity index (χ1v) is 12.8. The fraction of sp³-hybridized carbons (Fsp3) is 0.393. The van der Waals surface area contributed by atoms with Crippen molar-refractivity contribution in [2.24, 2.45) is 0 Å². The Kier molecular flexibility index (Phi) is 7.45. The van der Waals surface area contributed by atoms with Crippen LogP contribution in [0.25, 0.3) is 22.0 Å². The highest BCUT2D eigenvalue weighted by Gasteiger charge is 2.19. The predicted molar refractivity (Wildman–Crippen MR) is 143 cm³/mol. The van der Waals surface area contributed by atoms with Crippen LogP contribution in [-0.4, -0.2) is 50.8 Å². The molecule has 1 fully saturated rings. The van der Waals surface area contributed by atoms with E-state index in [9.17, 15) is 19.8 Å². The number of nitrogens with zero attached hydrogens (tertiary/aromatic N) is 2. The van der Waals surface area contributed by atoms with Gasteiger partial charge < -0.3 is 29.8 Å². The lowest BCUT2D eigenvalue weighted by Crippen LogP contribution is -2.36. The van der Waals surface area contributed by atoms with E-state index in [1.54, 1.807) is 16.7 Å². The molecular weight excluding hydrogens is 472 g/mol. The van der Waals surface area contributed by atoms with E-state index in [-0.39, 0.29) is 23.6 Å². The van der Waals surface area contributed by atoms with Crippen LogP contribution in [0.15, 0.2) is 56.5 Å². The molecule has 1 aliphatic carbocycles. The highest BCUT2D eigenvalue weighted by atomic mass is 16.4. The van der Waals surface area contributed by atoms with Gasteiger partial charge in [-0.2, -0.15) is 0 Å². The van der Waals surface area contributed by atoms with E-state index >= 15 is 0 Å². The number of aromatic amines is 1. The molecule has 0 unspecified atom stereocenters. The molecule has 1 atom stereocenters. The molecule has 1 saturated carbocycles. The first kappa shape index (κ1) is 25.3. The fourth-order valence-corrected chi connectivity index (χ4v) is 5.24. The Morgan fingerprint density at radius 2 is 1.97 bits per heavy atom. The number of aromatic hydroxyl groups is 1. The summed E-state index contributed by atoms with van der Waals surface area (Å²) in [6.07, 6.45) is 6.16. The third-order valence-corrected chi connectivity index (χ3v) is 7.37. The lowest BCUT2D eigenvalue weighted by molar-refractivity contribution is 0.176. The minimum absolute atomic E-state index is 0.0439.